The van der Waals surface area contributed by atoms with E-state index in [0.29, 0.717) is 23.5 Å². The first kappa shape index (κ1) is 16.2. The average Bonchev–Trinajstić information content (AvgIpc) is 2.53. The van der Waals surface area contributed by atoms with Crippen molar-refractivity contribution in [3.63, 3.8) is 0 Å². The van der Waals surface area contributed by atoms with Crippen molar-refractivity contribution in [1.82, 2.24) is 0 Å². The Kier molecular flexibility index (Phi) is 5.33. The minimum absolute atomic E-state index is 0.248. The molecule has 2 aromatic carbocycles. The van der Waals surface area contributed by atoms with E-state index in [-0.39, 0.29) is 12.5 Å². The van der Waals surface area contributed by atoms with E-state index in [0.717, 1.165) is 11.6 Å². The summed E-state index contributed by atoms with van der Waals surface area (Å²) in [7, 11) is 3.14. The molecule has 0 aromatic heterocycles. The van der Waals surface area contributed by atoms with Crippen LogP contribution in [-0.2, 0) is 6.42 Å². The lowest BCUT2D eigenvalue weighted by Gasteiger charge is -2.18. The van der Waals surface area contributed by atoms with Gasteiger partial charge in [-0.15, -0.1) is 0 Å². The van der Waals surface area contributed by atoms with Gasteiger partial charge in [0.15, 0.2) is 0 Å². The molecular formula is C17H19F2NO2. The normalized spacial score (nSPS) is 12.0. The maximum absolute atomic E-state index is 13.9. The second-order valence-electron chi connectivity index (χ2n) is 4.98. The largest absolute Gasteiger partial charge is 0.497 e. The van der Waals surface area contributed by atoms with Crippen LogP contribution in [0.2, 0.25) is 0 Å². The molecule has 1 atom stereocenters. The van der Waals surface area contributed by atoms with Gasteiger partial charge in [0.25, 0.3) is 0 Å². The van der Waals surface area contributed by atoms with Crippen LogP contribution in [0.15, 0.2) is 36.4 Å². The van der Waals surface area contributed by atoms with Crippen molar-refractivity contribution in [2.24, 2.45) is 5.73 Å². The van der Waals surface area contributed by atoms with Crippen LogP contribution in [0.4, 0.5) is 8.78 Å². The molecule has 2 rings (SSSR count). The van der Waals surface area contributed by atoms with Gasteiger partial charge in [-0.05, 0) is 36.2 Å². The van der Waals surface area contributed by atoms with Crippen LogP contribution in [-0.4, -0.2) is 20.8 Å². The predicted octanol–water partition coefficient (Wildman–Crippen LogP) is 3.27. The Bertz CT molecular complexity index is 647. The molecule has 1 unspecified atom stereocenters. The third kappa shape index (κ3) is 3.54. The highest BCUT2D eigenvalue weighted by molar-refractivity contribution is 5.42. The fourth-order valence-corrected chi connectivity index (χ4v) is 2.44. The second-order valence-corrected chi connectivity index (χ2v) is 4.98. The number of nitrogens with two attached hydrogens (primary N) is 1. The molecule has 3 nitrogen and oxygen atoms in total. The number of halogens is 2. The Morgan fingerprint density at radius 3 is 2.41 bits per heavy atom. The molecule has 0 aliphatic rings. The summed E-state index contributed by atoms with van der Waals surface area (Å²) in [5, 5.41) is 0. The first-order valence-electron chi connectivity index (χ1n) is 6.95. The molecule has 0 radical (unpaired) electrons. The van der Waals surface area contributed by atoms with Gasteiger partial charge >= 0.3 is 0 Å². The molecule has 0 amide bonds. The predicted molar refractivity (Wildman–Crippen MR) is 81.4 cm³/mol. The van der Waals surface area contributed by atoms with Gasteiger partial charge in [0.1, 0.15) is 23.1 Å². The van der Waals surface area contributed by atoms with Crippen molar-refractivity contribution in [2.75, 3.05) is 20.8 Å². The standard InChI is InChI=1S/C17H19F2NO2/c1-21-14-5-3-11(17(9-14)22-2)7-12(10-20)15-6-4-13(18)8-16(15)19/h3-6,8-9,12H,7,10,20H2,1-2H3. The number of ether oxygens (including phenoxy) is 2. The Hall–Kier alpha value is -2.14. The Balaban J connectivity index is 2.30. The highest BCUT2D eigenvalue weighted by Crippen LogP contribution is 2.30. The molecule has 0 fully saturated rings. The number of rotatable bonds is 6. The summed E-state index contributed by atoms with van der Waals surface area (Å²) < 4.78 is 37.5. The van der Waals surface area contributed by atoms with Crippen molar-refractivity contribution in [3.8, 4) is 11.5 Å². The molecule has 2 N–H and O–H groups in total. The Morgan fingerprint density at radius 2 is 1.82 bits per heavy atom. The number of benzene rings is 2. The van der Waals surface area contributed by atoms with Gasteiger partial charge < -0.3 is 15.2 Å². The quantitative estimate of drug-likeness (QED) is 0.891. The third-order valence-electron chi connectivity index (χ3n) is 3.65. The summed E-state index contributed by atoms with van der Waals surface area (Å²) in [6, 6.07) is 9.01. The zero-order chi connectivity index (χ0) is 16.1. The molecule has 0 saturated carbocycles. The smallest absolute Gasteiger partial charge is 0.129 e. The molecule has 0 saturated heterocycles. The van der Waals surface area contributed by atoms with Gasteiger partial charge in [-0.1, -0.05) is 12.1 Å². The Morgan fingerprint density at radius 1 is 1.05 bits per heavy atom. The van der Waals surface area contributed by atoms with Gasteiger partial charge in [0.05, 0.1) is 14.2 Å². The number of methoxy groups -OCH3 is 2. The summed E-state index contributed by atoms with van der Waals surface area (Å²) in [5.41, 5.74) is 7.08. The van der Waals surface area contributed by atoms with E-state index in [9.17, 15) is 8.78 Å². The molecule has 0 aliphatic heterocycles. The van der Waals surface area contributed by atoms with Crippen molar-refractivity contribution in [1.29, 1.82) is 0 Å². The van der Waals surface area contributed by atoms with Gasteiger partial charge in [-0.2, -0.15) is 0 Å². The lowest BCUT2D eigenvalue weighted by molar-refractivity contribution is 0.390. The van der Waals surface area contributed by atoms with E-state index < -0.39 is 11.6 Å². The van der Waals surface area contributed by atoms with Crippen molar-refractivity contribution in [3.05, 3.63) is 59.2 Å². The average molecular weight is 307 g/mol. The van der Waals surface area contributed by atoms with Gasteiger partial charge in [0.2, 0.25) is 0 Å². The summed E-state index contributed by atoms with van der Waals surface area (Å²) >= 11 is 0. The van der Waals surface area contributed by atoms with Gasteiger partial charge in [-0.3, -0.25) is 0 Å². The number of hydrogen-bond acceptors (Lipinski definition) is 3. The zero-order valence-electron chi connectivity index (χ0n) is 12.6. The van der Waals surface area contributed by atoms with Crippen molar-refractivity contribution in [2.45, 2.75) is 12.3 Å². The minimum Gasteiger partial charge on any atom is -0.497 e. The maximum atomic E-state index is 13.9. The van der Waals surface area contributed by atoms with E-state index in [2.05, 4.69) is 0 Å². The van der Waals surface area contributed by atoms with Crippen LogP contribution in [0.5, 0.6) is 11.5 Å². The molecule has 118 valence electrons. The molecule has 0 bridgehead atoms. The van der Waals surface area contributed by atoms with Gasteiger partial charge in [-0.25, -0.2) is 8.78 Å². The van der Waals surface area contributed by atoms with Crippen molar-refractivity contribution >= 4 is 0 Å². The van der Waals surface area contributed by atoms with Crippen LogP contribution < -0.4 is 15.2 Å². The van der Waals surface area contributed by atoms with E-state index in [1.165, 1.54) is 12.1 Å². The first-order valence-corrected chi connectivity index (χ1v) is 6.95. The van der Waals surface area contributed by atoms with E-state index >= 15 is 0 Å². The van der Waals surface area contributed by atoms with Crippen molar-refractivity contribution < 1.29 is 18.3 Å². The molecule has 22 heavy (non-hydrogen) atoms. The SMILES string of the molecule is COc1ccc(CC(CN)c2ccc(F)cc2F)c(OC)c1. The maximum Gasteiger partial charge on any atom is 0.129 e. The summed E-state index contributed by atoms with van der Waals surface area (Å²) in [6.45, 7) is 0.248. The third-order valence-corrected chi connectivity index (χ3v) is 3.65. The van der Waals surface area contributed by atoms with Crippen LogP contribution in [0.3, 0.4) is 0 Å². The topological polar surface area (TPSA) is 44.5 Å². The molecule has 0 spiro atoms. The summed E-state index contributed by atoms with van der Waals surface area (Å²) in [5.74, 6) is -0.108. The highest BCUT2D eigenvalue weighted by atomic mass is 19.1. The molecule has 0 aliphatic carbocycles. The van der Waals surface area contributed by atoms with E-state index in [1.807, 2.05) is 12.1 Å². The lowest BCUT2D eigenvalue weighted by atomic mass is 9.91. The van der Waals surface area contributed by atoms with E-state index in [1.54, 1.807) is 20.3 Å². The van der Waals surface area contributed by atoms with E-state index in [4.69, 9.17) is 15.2 Å². The van der Waals surface area contributed by atoms with Crippen LogP contribution in [0.1, 0.15) is 17.0 Å². The lowest BCUT2D eigenvalue weighted by Crippen LogP contribution is -2.17. The van der Waals surface area contributed by atoms with Crippen LogP contribution in [0.25, 0.3) is 0 Å². The monoisotopic (exact) mass is 307 g/mol. The van der Waals surface area contributed by atoms with Crippen LogP contribution in [0, 0.1) is 11.6 Å². The zero-order valence-corrected chi connectivity index (χ0v) is 12.6. The summed E-state index contributed by atoms with van der Waals surface area (Å²) in [4.78, 5) is 0. The first-order chi connectivity index (χ1) is 10.6. The summed E-state index contributed by atoms with van der Waals surface area (Å²) in [6.07, 6.45) is 0.492. The highest BCUT2D eigenvalue weighted by Gasteiger charge is 2.18. The number of hydrogen-bond donors (Lipinski definition) is 1. The Labute approximate surface area is 128 Å². The minimum atomic E-state index is -0.598. The fraction of sp³-hybridized carbons (Fsp3) is 0.294. The second kappa shape index (κ2) is 7.22. The molecule has 5 heteroatoms. The van der Waals surface area contributed by atoms with Gasteiger partial charge in [0, 0.05) is 18.1 Å². The molecule has 0 heterocycles. The molecule has 2 aromatic rings. The fourth-order valence-electron chi connectivity index (χ4n) is 2.44. The van der Waals surface area contributed by atoms with Crippen LogP contribution >= 0.6 is 0 Å². The molecular weight excluding hydrogens is 288 g/mol.